The van der Waals surface area contributed by atoms with E-state index in [1.807, 2.05) is 31.4 Å². The van der Waals surface area contributed by atoms with Gasteiger partial charge in [0.25, 0.3) is 5.91 Å². The highest BCUT2D eigenvalue weighted by Crippen LogP contribution is 2.11. The van der Waals surface area contributed by atoms with Crippen LogP contribution in [0.1, 0.15) is 35.6 Å². The lowest BCUT2D eigenvalue weighted by molar-refractivity contribution is -0.137. The molecule has 8 heteroatoms. The van der Waals surface area contributed by atoms with Gasteiger partial charge in [-0.3, -0.25) is 9.59 Å². The van der Waals surface area contributed by atoms with Crippen LogP contribution >= 0.6 is 11.3 Å². The normalized spacial score (nSPS) is 10.9. The van der Waals surface area contributed by atoms with Crippen molar-refractivity contribution in [2.24, 2.45) is 0 Å². The lowest BCUT2D eigenvalue weighted by atomic mass is 10.2. The first kappa shape index (κ1) is 16.2. The fraction of sp³-hybridized carbons (Fsp3) is 0.429. The minimum absolute atomic E-state index is 0.0900. The van der Waals surface area contributed by atoms with Crippen LogP contribution in [0.15, 0.2) is 23.7 Å². The summed E-state index contributed by atoms with van der Waals surface area (Å²) in [5, 5.41) is 18.6. The number of hydrogen-bond acceptors (Lipinski definition) is 5. The zero-order valence-electron chi connectivity index (χ0n) is 12.5. The molecule has 2 aromatic rings. The molecule has 0 aliphatic rings. The molecule has 1 amide bonds. The maximum atomic E-state index is 12.4. The second-order valence-corrected chi connectivity index (χ2v) is 6.15. The molecular weight excluding hydrogens is 304 g/mol. The summed E-state index contributed by atoms with van der Waals surface area (Å²) in [7, 11) is 0. The molecule has 2 rings (SSSR count). The van der Waals surface area contributed by atoms with Crippen molar-refractivity contribution in [3.8, 4) is 0 Å². The van der Waals surface area contributed by atoms with E-state index in [-0.39, 0.29) is 30.6 Å². The smallest absolute Gasteiger partial charge is 0.305 e. The van der Waals surface area contributed by atoms with E-state index in [9.17, 15) is 9.59 Å². The summed E-state index contributed by atoms with van der Waals surface area (Å²) in [6.45, 7) is 4.41. The largest absolute Gasteiger partial charge is 0.481 e. The van der Waals surface area contributed by atoms with Gasteiger partial charge in [0.1, 0.15) is 0 Å². The molecule has 0 saturated heterocycles. The average molecular weight is 322 g/mol. The second-order valence-electron chi connectivity index (χ2n) is 5.12. The molecular formula is C14H18N4O3S. The number of thiophene rings is 1. The van der Waals surface area contributed by atoms with Crippen LogP contribution in [-0.4, -0.2) is 49.5 Å². The van der Waals surface area contributed by atoms with E-state index in [4.69, 9.17) is 5.11 Å². The Labute approximate surface area is 132 Å². The van der Waals surface area contributed by atoms with Crippen molar-refractivity contribution in [1.82, 2.24) is 19.9 Å². The van der Waals surface area contributed by atoms with Crippen LogP contribution < -0.4 is 0 Å². The van der Waals surface area contributed by atoms with Gasteiger partial charge in [-0.2, -0.15) is 0 Å². The minimum atomic E-state index is -0.931. The van der Waals surface area contributed by atoms with E-state index in [1.165, 1.54) is 4.90 Å². The molecule has 2 aromatic heterocycles. The Morgan fingerprint density at radius 2 is 2.23 bits per heavy atom. The molecule has 7 nitrogen and oxygen atoms in total. The van der Waals surface area contributed by atoms with Crippen molar-refractivity contribution >= 4 is 23.2 Å². The highest BCUT2D eigenvalue weighted by molar-refractivity contribution is 7.09. The molecule has 0 aromatic carbocycles. The summed E-state index contributed by atoms with van der Waals surface area (Å²) in [4.78, 5) is 25.7. The van der Waals surface area contributed by atoms with Crippen molar-refractivity contribution in [3.05, 3.63) is 34.3 Å². The monoisotopic (exact) mass is 322 g/mol. The average Bonchev–Trinajstić information content (AvgIpc) is 3.10. The van der Waals surface area contributed by atoms with Crippen molar-refractivity contribution in [2.45, 2.75) is 32.9 Å². The number of carboxylic acid groups (broad SMARTS) is 1. The first-order valence-electron chi connectivity index (χ1n) is 6.92. The first-order valence-corrected chi connectivity index (χ1v) is 7.80. The van der Waals surface area contributed by atoms with E-state index >= 15 is 0 Å². The molecule has 22 heavy (non-hydrogen) atoms. The number of carbonyl (C=O) groups is 2. The van der Waals surface area contributed by atoms with Crippen molar-refractivity contribution in [1.29, 1.82) is 0 Å². The van der Waals surface area contributed by atoms with E-state index in [0.717, 1.165) is 4.88 Å². The van der Waals surface area contributed by atoms with Gasteiger partial charge in [0, 0.05) is 17.5 Å². The van der Waals surface area contributed by atoms with Gasteiger partial charge >= 0.3 is 5.97 Å². The molecule has 0 radical (unpaired) electrons. The van der Waals surface area contributed by atoms with Gasteiger partial charge in [0.2, 0.25) is 0 Å². The molecule has 118 valence electrons. The van der Waals surface area contributed by atoms with Crippen LogP contribution in [0.3, 0.4) is 0 Å². The third kappa shape index (κ3) is 4.14. The molecule has 0 atom stereocenters. The van der Waals surface area contributed by atoms with Crippen LogP contribution in [0, 0.1) is 0 Å². The third-order valence-corrected chi connectivity index (χ3v) is 3.97. The molecule has 0 spiro atoms. The number of carbonyl (C=O) groups excluding carboxylic acids is 1. The van der Waals surface area contributed by atoms with Gasteiger partial charge in [0.05, 0.1) is 19.2 Å². The Bertz CT molecular complexity index is 636. The zero-order valence-corrected chi connectivity index (χ0v) is 13.3. The number of nitrogens with zero attached hydrogens (tertiary/aromatic N) is 4. The van der Waals surface area contributed by atoms with Crippen LogP contribution in [0.4, 0.5) is 0 Å². The Morgan fingerprint density at radius 3 is 2.82 bits per heavy atom. The predicted octanol–water partition coefficient (Wildman–Crippen LogP) is 1.71. The van der Waals surface area contributed by atoms with Crippen molar-refractivity contribution in [2.75, 3.05) is 6.54 Å². The standard InChI is InChI=1S/C14H18N4O3S/c1-10(2)18(6-5-13(19)20)14(21)12-9-17(16-15-12)8-11-4-3-7-22-11/h3-4,7,9-10H,5-6,8H2,1-2H3,(H,19,20). The van der Waals surface area contributed by atoms with Gasteiger partial charge in [-0.05, 0) is 25.3 Å². The number of hydrogen-bond donors (Lipinski definition) is 1. The predicted molar refractivity (Wildman–Crippen MR) is 81.9 cm³/mol. The van der Waals surface area contributed by atoms with Crippen molar-refractivity contribution < 1.29 is 14.7 Å². The van der Waals surface area contributed by atoms with E-state index in [2.05, 4.69) is 10.3 Å². The second kappa shape index (κ2) is 7.17. The molecule has 0 aliphatic carbocycles. The lowest BCUT2D eigenvalue weighted by Gasteiger charge is -2.25. The maximum absolute atomic E-state index is 12.4. The highest BCUT2D eigenvalue weighted by Gasteiger charge is 2.22. The van der Waals surface area contributed by atoms with E-state index in [0.29, 0.717) is 6.54 Å². The molecule has 1 N–H and O–H groups in total. The van der Waals surface area contributed by atoms with Crippen LogP contribution in [0.5, 0.6) is 0 Å². The molecule has 0 unspecified atom stereocenters. The fourth-order valence-electron chi connectivity index (χ4n) is 1.99. The van der Waals surface area contributed by atoms with E-state index < -0.39 is 5.97 Å². The number of aliphatic carboxylic acids is 1. The molecule has 2 heterocycles. The Hall–Kier alpha value is -2.22. The maximum Gasteiger partial charge on any atom is 0.305 e. The minimum Gasteiger partial charge on any atom is -0.481 e. The van der Waals surface area contributed by atoms with Gasteiger partial charge in [-0.25, -0.2) is 4.68 Å². The zero-order chi connectivity index (χ0) is 16.1. The van der Waals surface area contributed by atoms with E-state index in [1.54, 1.807) is 22.2 Å². The molecule has 0 fully saturated rings. The summed E-state index contributed by atoms with van der Waals surface area (Å²) < 4.78 is 1.61. The van der Waals surface area contributed by atoms with Crippen LogP contribution in [-0.2, 0) is 11.3 Å². The fourth-order valence-corrected chi connectivity index (χ4v) is 2.69. The summed E-state index contributed by atoms with van der Waals surface area (Å²) in [5.74, 6) is -1.23. The summed E-state index contributed by atoms with van der Waals surface area (Å²) in [5.41, 5.74) is 0.232. The Kier molecular flexibility index (Phi) is 5.26. The SMILES string of the molecule is CC(C)N(CCC(=O)O)C(=O)c1cn(Cc2cccs2)nn1. The quantitative estimate of drug-likeness (QED) is 0.838. The topological polar surface area (TPSA) is 88.3 Å². The van der Waals surface area contributed by atoms with Gasteiger partial charge in [-0.1, -0.05) is 11.3 Å². The molecule has 0 bridgehead atoms. The lowest BCUT2D eigenvalue weighted by Crippen LogP contribution is -2.38. The number of aromatic nitrogens is 3. The van der Waals surface area contributed by atoms with Gasteiger partial charge < -0.3 is 10.0 Å². The van der Waals surface area contributed by atoms with Gasteiger partial charge in [-0.15, -0.1) is 16.4 Å². The summed E-state index contributed by atoms with van der Waals surface area (Å²) >= 11 is 1.61. The first-order chi connectivity index (χ1) is 10.5. The molecule has 0 saturated carbocycles. The number of carboxylic acids is 1. The Morgan fingerprint density at radius 1 is 1.45 bits per heavy atom. The number of amides is 1. The van der Waals surface area contributed by atoms with Crippen molar-refractivity contribution in [3.63, 3.8) is 0 Å². The summed E-state index contributed by atoms with van der Waals surface area (Å²) in [6, 6.07) is 3.84. The van der Waals surface area contributed by atoms with Crippen LogP contribution in [0.25, 0.3) is 0 Å². The van der Waals surface area contributed by atoms with Gasteiger partial charge in [0.15, 0.2) is 5.69 Å². The third-order valence-electron chi connectivity index (χ3n) is 3.11. The highest BCUT2D eigenvalue weighted by atomic mass is 32.1. The number of rotatable bonds is 7. The molecule has 0 aliphatic heterocycles. The Balaban J connectivity index is 2.06. The van der Waals surface area contributed by atoms with Crippen LogP contribution in [0.2, 0.25) is 0 Å². The summed E-state index contributed by atoms with van der Waals surface area (Å²) in [6.07, 6.45) is 1.51.